The van der Waals surface area contributed by atoms with Crippen molar-refractivity contribution in [3.05, 3.63) is 16.1 Å². The summed E-state index contributed by atoms with van der Waals surface area (Å²) in [5.74, 6) is -0.689. The van der Waals surface area contributed by atoms with Crippen molar-refractivity contribution < 1.29 is 9.90 Å². The first-order chi connectivity index (χ1) is 5.95. The van der Waals surface area contributed by atoms with Crippen molar-refractivity contribution in [2.75, 3.05) is 0 Å². The van der Waals surface area contributed by atoms with Crippen molar-refractivity contribution in [2.45, 2.75) is 19.8 Å². The second-order valence-corrected chi connectivity index (χ2v) is 3.88. The first-order valence-corrected chi connectivity index (χ1v) is 4.69. The lowest BCUT2D eigenvalue weighted by atomic mass is 10.1. The summed E-state index contributed by atoms with van der Waals surface area (Å²) in [5.41, 5.74) is 0.900. The Labute approximate surface area is 84.7 Å². The molecule has 0 radical (unpaired) electrons. The van der Waals surface area contributed by atoms with Crippen LogP contribution >= 0.6 is 15.9 Å². The van der Waals surface area contributed by atoms with Crippen molar-refractivity contribution in [3.8, 4) is 0 Å². The van der Waals surface area contributed by atoms with Crippen LogP contribution < -0.4 is 0 Å². The highest BCUT2D eigenvalue weighted by Crippen LogP contribution is 2.24. The molecule has 1 heterocycles. The number of halogens is 1. The van der Waals surface area contributed by atoms with Gasteiger partial charge in [-0.15, -0.1) is 0 Å². The highest BCUT2D eigenvalue weighted by atomic mass is 79.9. The highest BCUT2D eigenvalue weighted by Gasteiger charge is 2.19. The van der Waals surface area contributed by atoms with Crippen LogP contribution in [0.2, 0.25) is 0 Å². The van der Waals surface area contributed by atoms with E-state index in [1.807, 2.05) is 13.8 Å². The Morgan fingerprint density at radius 1 is 1.62 bits per heavy atom. The van der Waals surface area contributed by atoms with Gasteiger partial charge in [0.15, 0.2) is 0 Å². The number of hydrogen-bond acceptors (Lipinski definition) is 2. The maximum atomic E-state index is 10.7. The summed E-state index contributed by atoms with van der Waals surface area (Å²) < 4.78 is 2.21. The molecular weight excluding hydrogens is 236 g/mol. The van der Waals surface area contributed by atoms with E-state index in [9.17, 15) is 4.79 Å². The van der Waals surface area contributed by atoms with Crippen molar-refractivity contribution in [2.24, 2.45) is 7.05 Å². The molecule has 0 saturated heterocycles. The molecule has 0 bridgehead atoms. The number of nitrogens with zero attached hydrogens (tertiary/aromatic N) is 2. The molecule has 0 aliphatic carbocycles. The molecule has 4 nitrogen and oxygen atoms in total. The summed E-state index contributed by atoms with van der Waals surface area (Å²) in [5, 5.41) is 8.78. The zero-order valence-corrected chi connectivity index (χ0v) is 9.29. The number of hydrogen-bond donors (Lipinski definition) is 1. The van der Waals surface area contributed by atoms with Crippen LogP contribution in [0.3, 0.4) is 0 Å². The summed E-state index contributed by atoms with van der Waals surface area (Å²) in [6, 6.07) is 0. The third-order valence-corrected chi connectivity index (χ3v) is 2.42. The molecule has 72 valence electrons. The number of carbonyl (C=O) groups is 1. The average molecular weight is 247 g/mol. The first kappa shape index (κ1) is 10.2. The standard InChI is InChI=1S/C8H11BrN2O2/c1-4(2)5-6(9)10-7(8(12)13)11(5)3/h4H,1-3H3,(H,12,13). The molecule has 1 aromatic heterocycles. The molecular formula is C8H11BrN2O2. The van der Waals surface area contributed by atoms with E-state index in [0.29, 0.717) is 4.60 Å². The molecule has 0 fully saturated rings. The minimum atomic E-state index is -1.00. The maximum absolute atomic E-state index is 10.7. The lowest BCUT2D eigenvalue weighted by molar-refractivity contribution is 0.0679. The maximum Gasteiger partial charge on any atom is 0.372 e. The van der Waals surface area contributed by atoms with Crippen molar-refractivity contribution >= 4 is 21.9 Å². The molecule has 0 saturated carbocycles. The van der Waals surface area contributed by atoms with Gasteiger partial charge in [-0.05, 0) is 21.8 Å². The quantitative estimate of drug-likeness (QED) is 0.869. The van der Waals surface area contributed by atoms with Crippen LogP contribution in [-0.2, 0) is 7.05 Å². The SMILES string of the molecule is CC(C)c1c(Br)nc(C(=O)O)n1C. The second kappa shape index (κ2) is 3.49. The number of carboxylic acids is 1. The van der Waals surface area contributed by atoms with Gasteiger partial charge < -0.3 is 9.67 Å². The van der Waals surface area contributed by atoms with Gasteiger partial charge in [-0.25, -0.2) is 9.78 Å². The number of aromatic carboxylic acids is 1. The van der Waals surface area contributed by atoms with Gasteiger partial charge in [0, 0.05) is 7.05 Å². The van der Waals surface area contributed by atoms with Crippen LogP contribution in [0, 0.1) is 0 Å². The Morgan fingerprint density at radius 2 is 2.15 bits per heavy atom. The smallest absolute Gasteiger partial charge is 0.372 e. The largest absolute Gasteiger partial charge is 0.475 e. The zero-order chi connectivity index (χ0) is 10.2. The number of carboxylic acid groups (broad SMARTS) is 1. The molecule has 0 spiro atoms. The van der Waals surface area contributed by atoms with E-state index in [0.717, 1.165) is 5.69 Å². The van der Waals surface area contributed by atoms with Gasteiger partial charge in [0.05, 0.1) is 5.69 Å². The van der Waals surface area contributed by atoms with E-state index in [-0.39, 0.29) is 11.7 Å². The number of rotatable bonds is 2. The molecule has 1 aromatic rings. The van der Waals surface area contributed by atoms with Gasteiger partial charge in [0.2, 0.25) is 5.82 Å². The van der Waals surface area contributed by atoms with Crippen LogP contribution in [0.4, 0.5) is 0 Å². The minimum absolute atomic E-state index is 0.0653. The van der Waals surface area contributed by atoms with Gasteiger partial charge in [-0.1, -0.05) is 13.8 Å². The molecule has 0 aliphatic rings. The van der Waals surface area contributed by atoms with Gasteiger partial charge in [0.1, 0.15) is 4.60 Å². The van der Waals surface area contributed by atoms with E-state index >= 15 is 0 Å². The lowest BCUT2D eigenvalue weighted by Gasteiger charge is -2.06. The second-order valence-electron chi connectivity index (χ2n) is 3.13. The Hall–Kier alpha value is -0.840. The predicted octanol–water partition coefficient (Wildman–Crippen LogP) is 2.00. The Kier molecular flexibility index (Phi) is 2.75. The molecule has 0 aliphatic heterocycles. The summed E-state index contributed by atoms with van der Waals surface area (Å²) in [4.78, 5) is 14.6. The van der Waals surface area contributed by atoms with Gasteiger partial charge in [0.25, 0.3) is 0 Å². The Balaban J connectivity index is 3.30. The van der Waals surface area contributed by atoms with Crippen molar-refractivity contribution in [1.29, 1.82) is 0 Å². The van der Waals surface area contributed by atoms with Crippen LogP contribution in [0.1, 0.15) is 36.1 Å². The van der Waals surface area contributed by atoms with E-state index < -0.39 is 5.97 Å². The lowest BCUT2D eigenvalue weighted by Crippen LogP contribution is -2.08. The molecule has 13 heavy (non-hydrogen) atoms. The highest BCUT2D eigenvalue weighted by molar-refractivity contribution is 9.10. The zero-order valence-electron chi connectivity index (χ0n) is 7.71. The van der Waals surface area contributed by atoms with Crippen LogP contribution in [0.25, 0.3) is 0 Å². The molecule has 0 unspecified atom stereocenters. The number of imidazole rings is 1. The fraction of sp³-hybridized carbons (Fsp3) is 0.500. The normalized spacial score (nSPS) is 10.8. The van der Waals surface area contributed by atoms with E-state index in [1.165, 1.54) is 0 Å². The third-order valence-electron chi connectivity index (χ3n) is 1.83. The molecule has 0 atom stereocenters. The van der Waals surface area contributed by atoms with E-state index in [4.69, 9.17) is 5.11 Å². The average Bonchev–Trinajstić information content (AvgIpc) is 2.26. The Morgan fingerprint density at radius 3 is 2.38 bits per heavy atom. The minimum Gasteiger partial charge on any atom is -0.475 e. The Bertz CT molecular complexity index is 344. The van der Waals surface area contributed by atoms with Crippen LogP contribution in [0.15, 0.2) is 4.60 Å². The summed E-state index contributed by atoms with van der Waals surface area (Å²) in [6.07, 6.45) is 0. The van der Waals surface area contributed by atoms with Crippen molar-refractivity contribution in [3.63, 3.8) is 0 Å². The first-order valence-electron chi connectivity index (χ1n) is 3.90. The summed E-state index contributed by atoms with van der Waals surface area (Å²) in [6.45, 7) is 3.99. The molecule has 0 aromatic carbocycles. The fourth-order valence-electron chi connectivity index (χ4n) is 1.29. The van der Waals surface area contributed by atoms with Crippen LogP contribution in [-0.4, -0.2) is 20.6 Å². The van der Waals surface area contributed by atoms with Crippen LogP contribution in [0.5, 0.6) is 0 Å². The summed E-state index contributed by atoms with van der Waals surface area (Å²) in [7, 11) is 1.70. The monoisotopic (exact) mass is 246 g/mol. The van der Waals surface area contributed by atoms with Gasteiger partial charge >= 0.3 is 5.97 Å². The fourth-order valence-corrected chi connectivity index (χ4v) is 2.19. The summed E-state index contributed by atoms with van der Waals surface area (Å²) >= 11 is 3.24. The molecule has 0 amide bonds. The number of aromatic nitrogens is 2. The molecule has 1 rings (SSSR count). The van der Waals surface area contributed by atoms with Gasteiger partial charge in [-0.3, -0.25) is 0 Å². The molecule has 5 heteroatoms. The predicted molar refractivity (Wildman–Crippen MR) is 52.0 cm³/mol. The molecule has 1 N–H and O–H groups in total. The topological polar surface area (TPSA) is 55.1 Å². The van der Waals surface area contributed by atoms with Crippen molar-refractivity contribution in [1.82, 2.24) is 9.55 Å². The van der Waals surface area contributed by atoms with E-state index in [1.54, 1.807) is 11.6 Å². The van der Waals surface area contributed by atoms with Gasteiger partial charge in [-0.2, -0.15) is 0 Å². The third kappa shape index (κ3) is 1.75. The van der Waals surface area contributed by atoms with E-state index in [2.05, 4.69) is 20.9 Å².